The van der Waals surface area contributed by atoms with Crippen LogP contribution in [-0.2, 0) is 28.8 Å². The number of hydrogen-bond acceptors (Lipinski definition) is 5. The van der Waals surface area contributed by atoms with Crippen molar-refractivity contribution >= 4 is 11.6 Å². The molecule has 2 saturated heterocycles. The molecule has 13 heteroatoms. The van der Waals surface area contributed by atoms with E-state index in [0.717, 1.165) is 29.4 Å². The van der Waals surface area contributed by atoms with Gasteiger partial charge in [0.05, 0.1) is 13.2 Å². The molecular formula is C32H39F6N4O3-. The molecule has 3 aliphatic rings. The van der Waals surface area contributed by atoms with Gasteiger partial charge in [-0.05, 0) is 50.1 Å². The second kappa shape index (κ2) is 12.0. The monoisotopic (exact) mass is 641 g/mol. The van der Waals surface area contributed by atoms with E-state index < -0.39 is 29.1 Å². The van der Waals surface area contributed by atoms with E-state index in [1.165, 1.54) is 6.07 Å². The molecule has 3 atom stereocenters. The van der Waals surface area contributed by atoms with Gasteiger partial charge in [-0.25, -0.2) is 0 Å². The van der Waals surface area contributed by atoms with Gasteiger partial charge in [0.25, 0.3) is 5.60 Å². The normalized spacial score (nSPS) is 24.6. The zero-order valence-corrected chi connectivity index (χ0v) is 25.8. The molecule has 0 aromatic heterocycles. The first-order chi connectivity index (χ1) is 21.0. The molecule has 2 fully saturated rings. The highest BCUT2D eigenvalue weighted by Crippen LogP contribution is 2.51. The zero-order valence-electron chi connectivity index (χ0n) is 25.8. The molecule has 0 saturated carbocycles. The summed E-state index contributed by atoms with van der Waals surface area (Å²) in [6.07, 6.45) is -10.4. The molecule has 0 bridgehead atoms. The number of ether oxygens (including phenoxy) is 1. The van der Waals surface area contributed by atoms with E-state index in [-0.39, 0.29) is 36.5 Å². The predicted molar refractivity (Wildman–Crippen MR) is 157 cm³/mol. The number of halogens is 6. The average molecular weight is 642 g/mol. The van der Waals surface area contributed by atoms with E-state index in [2.05, 4.69) is 13.0 Å². The van der Waals surface area contributed by atoms with Crippen LogP contribution in [0.25, 0.3) is 5.32 Å². The Morgan fingerprint density at radius 1 is 1.04 bits per heavy atom. The molecule has 0 aliphatic carbocycles. The summed E-state index contributed by atoms with van der Waals surface area (Å²) in [4.78, 5) is 19.2. The van der Waals surface area contributed by atoms with Gasteiger partial charge in [-0.3, -0.25) is 4.79 Å². The first-order valence-corrected chi connectivity index (χ1v) is 15.2. The fourth-order valence-electron chi connectivity index (χ4n) is 6.74. The number of amides is 1. The van der Waals surface area contributed by atoms with Gasteiger partial charge in [0.1, 0.15) is 5.75 Å². The molecule has 3 aliphatic heterocycles. The number of carbonyl (C=O) groups is 1. The van der Waals surface area contributed by atoms with Gasteiger partial charge < -0.3 is 29.9 Å². The van der Waals surface area contributed by atoms with Crippen molar-refractivity contribution in [2.45, 2.75) is 82.5 Å². The summed E-state index contributed by atoms with van der Waals surface area (Å²) in [5, 5.41) is 14.8. The minimum absolute atomic E-state index is 0.0691. The van der Waals surface area contributed by atoms with Crippen LogP contribution in [-0.4, -0.2) is 84.7 Å². The number of benzene rings is 2. The smallest absolute Gasteiger partial charge is 0.430 e. The Morgan fingerprint density at radius 3 is 2.42 bits per heavy atom. The summed E-state index contributed by atoms with van der Waals surface area (Å²) in [6.45, 7) is 10.1. The minimum atomic E-state index is -5.96. The fraction of sp³-hybridized carbons (Fsp3) is 0.594. The maximum Gasteiger partial charge on any atom is 0.430 e. The highest BCUT2D eigenvalue weighted by Gasteiger charge is 2.71. The van der Waals surface area contributed by atoms with E-state index in [4.69, 9.17) is 10.1 Å². The molecule has 2 aromatic carbocycles. The van der Waals surface area contributed by atoms with Crippen LogP contribution in [0.4, 0.5) is 32.0 Å². The van der Waals surface area contributed by atoms with E-state index >= 15 is 0 Å². The molecule has 248 valence electrons. The van der Waals surface area contributed by atoms with E-state index in [0.29, 0.717) is 51.1 Å². The molecule has 5 rings (SSSR count). The van der Waals surface area contributed by atoms with Crippen LogP contribution >= 0.6 is 0 Å². The summed E-state index contributed by atoms with van der Waals surface area (Å²) in [5.41, 5.74) is -3.70. The Balaban J connectivity index is 1.28. The van der Waals surface area contributed by atoms with Crippen molar-refractivity contribution in [3.05, 3.63) is 64.0 Å². The third-order valence-corrected chi connectivity index (χ3v) is 9.27. The predicted octanol–water partition coefficient (Wildman–Crippen LogP) is 5.87. The summed E-state index contributed by atoms with van der Waals surface area (Å²) in [6, 6.07) is 8.33. The zero-order chi connectivity index (χ0) is 32.9. The van der Waals surface area contributed by atoms with Crippen molar-refractivity contribution in [1.82, 2.24) is 9.80 Å². The SMILES string of the molecule is CCCc1cc(C(O)(C(F)(F)F)C(F)(F)F)ccc1N1C[C@H](C)N(C(=O)CN2C[N-][C@](C)(c3ccc4c(c3)CCO4)C2)CC1C. The number of aryl methyl sites for hydroxylation is 1. The Morgan fingerprint density at radius 2 is 1.76 bits per heavy atom. The molecule has 0 radical (unpaired) electrons. The third kappa shape index (κ3) is 6.10. The second-order valence-corrected chi connectivity index (χ2v) is 12.7. The second-order valence-electron chi connectivity index (χ2n) is 12.7. The van der Waals surface area contributed by atoms with E-state index in [9.17, 15) is 36.2 Å². The molecule has 45 heavy (non-hydrogen) atoms. The lowest BCUT2D eigenvalue weighted by molar-refractivity contribution is -0.376. The highest BCUT2D eigenvalue weighted by molar-refractivity contribution is 5.79. The van der Waals surface area contributed by atoms with Gasteiger partial charge in [0.15, 0.2) is 0 Å². The number of nitrogens with zero attached hydrogens (tertiary/aromatic N) is 4. The summed E-state index contributed by atoms with van der Waals surface area (Å²) >= 11 is 0. The lowest BCUT2D eigenvalue weighted by atomic mass is 9.89. The molecule has 1 N–H and O–H groups in total. The first kappa shape index (κ1) is 33.3. The van der Waals surface area contributed by atoms with Crippen LogP contribution < -0.4 is 9.64 Å². The topological polar surface area (TPSA) is 70.4 Å². The Hall–Kier alpha value is -3.03. The standard InChI is InChI=1S/C32H39F6N4O3/c1-5-6-22-13-25(30(44,31(33,34)35)32(36,37)38)7-9-26(22)41-15-21(3)42(16-20(41)2)28(43)17-40-18-29(4,39-19-40)24-8-10-27-23(14-24)11-12-45-27/h7-10,13-14,20-21,44H,5-6,11-12,15-19H2,1-4H3/q-1/t20?,21-,29-/m0/s1. The Bertz CT molecular complexity index is 1400. The lowest BCUT2D eigenvalue weighted by Gasteiger charge is -2.46. The Kier molecular flexibility index (Phi) is 8.86. The number of aliphatic hydroxyl groups is 1. The molecule has 1 amide bonds. The summed E-state index contributed by atoms with van der Waals surface area (Å²) in [5.74, 6) is 0.830. The summed E-state index contributed by atoms with van der Waals surface area (Å²) < 4.78 is 87.1. The minimum Gasteiger partial charge on any atom is -0.640 e. The van der Waals surface area contributed by atoms with Gasteiger partial charge in [0, 0.05) is 42.8 Å². The first-order valence-electron chi connectivity index (χ1n) is 15.2. The number of piperazine rings is 1. The van der Waals surface area contributed by atoms with Gasteiger partial charge in [-0.1, -0.05) is 62.3 Å². The van der Waals surface area contributed by atoms with Crippen molar-refractivity contribution in [2.75, 3.05) is 44.4 Å². The number of hydrogen-bond donors (Lipinski definition) is 1. The molecule has 2 aromatic rings. The number of alkyl halides is 6. The number of carbonyl (C=O) groups excluding carboxylic acids is 1. The van der Waals surface area contributed by atoms with Gasteiger partial charge in [-0.15, -0.1) is 0 Å². The largest absolute Gasteiger partial charge is 0.640 e. The lowest BCUT2D eigenvalue weighted by Crippen LogP contribution is -2.59. The van der Waals surface area contributed by atoms with Crippen molar-refractivity contribution in [2.24, 2.45) is 0 Å². The molecular weight excluding hydrogens is 602 g/mol. The maximum atomic E-state index is 13.6. The quantitative estimate of drug-likeness (QED) is 0.383. The molecule has 1 unspecified atom stereocenters. The van der Waals surface area contributed by atoms with Crippen molar-refractivity contribution in [1.29, 1.82) is 0 Å². The van der Waals surface area contributed by atoms with Crippen molar-refractivity contribution in [3.63, 3.8) is 0 Å². The van der Waals surface area contributed by atoms with Crippen LogP contribution in [0.15, 0.2) is 36.4 Å². The van der Waals surface area contributed by atoms with Crippen molar-refractivity contribution in [3.8, 4) is 5.75 Å². The molecule has 0 spiro atoms. The van der Waals surface area contributed by atoms with Gasteiger partial charge in [-0.2, -0.15) is 26.3 Å². The molecule has 7 nitrogen and oxygen atoms in total. The third-order valence-electron chi connectivity index (χ3n) is 9.27. The maximum absolute atomic E-state index is 13.6. The Labute approximate surface area is 259 Å². The van der Waals surface area contributed by atoms with Crippen molar-refractivity contribution < 1.29 is 41.0 Å². The van der Waals surface area contributed by atoms with Crippen LogP contribution in [0.1, 0.15) is 56.4 Å². The van der Waals surface area contributed by atoms with Crippen LogP contribution in [0.3, 0.4) is 0 Å². The fourth-order valence-corrected chi connectivity index (χ4v) is 6.74. The van der Waals surface area contributed by atoms with E-state index in [1.807, 2.05) is 35.8 Å². The van der Waals surface area contributed by atoms with Gasteiger partial charge >= 0.3 is 12.4 Å². The summed E-state index contributed by atoms with van der Waals surface area (Å²) in [7, 11) is 0. The number of anilines is 1. The van der Waals surface area contributed by atoms with E-state index in [1.54, 1.807) is 11.8 Å². The van der Waals surface area contributed by atoms with Crippen LogP contribution in [0.2, 0.25) is 0 Å². The number of rotatable bonds is 7. The highest BCUT2D eigenvalue weighted by atomic mass is 19.4. The number of fused-ring (bicyclic) bond motifs is 1. The average Bonchev–Trinajstić information content (AvgIpc) is 3.59. The molecule has 3 heterocycles. The van der Waals surface area contributed by atoms with Gasteiger partial charge in [0.2, 0.25) is 5.91 Å². The van der Waals surface area contributed by atoms with Crippen LogP contribution in [0, 0.1) is 0 Å². The van der Waals surface area contributed by atoms with Crippen LogP contribution in [0.5, 0.6) is 5.75 Å².